The van der Waals surface area contributed by atoms with Gasteiger partial charge in [-0.2, -0.15) is 0 Å². The van der Waals surface area contributed by atoms with Crippen molar-refractivity contribution in [3.63, 3.8) is 0 Å². The maximum atomic E-state index is 12.6. The highest BCUT2D eigenvalue weighted by molar-refractivity contribution is 6.39. The van der Waals surface area contributed by atoms with Gasteiger partial charge in [-0.25, -0.2) is 0 Å². The van der Waals surface area contributed by atoms with E-state index >= 15 is 0 Å². The molecule has 1 saturated heterocycles. The average Bonchev–Trinajstić information content (AvgIpc) is 3.31. The summed E-state index contributed by atoms with van der Waals surface area (Å²) in [5.41, 5.74) is 3.90. The summed E-state index contributed by atoms with van der Waals surface area (Å²) in [6.45, 7) is 6.31. The maximum absolute atomic E-state index is 12.6. The van der Waals surface area contributed by atoms with Crippen LogP contribution in [0.2, 0.25) is 0 Å². The molecule has 160 valence electrons. The lowest BCUT2D eigenvalue weighted by Crippen LogP contribution is -2.41. The molecule has 1 aliphatic rings. The van der Waals surface area contributed by atoms with Gasteiger partial charge < -0.3 is 10.6 Å². The maximum Gasteiger partial charge on any atom is 0.313 e. The van der Waals surface area contributed by atoms with E-state index in [0.717, 1.165) is 37.1 Å². The SMILES string of the molecule is Cc1cccc(NC(=O)C(=O)NC[C@@H](c2cccc3ccccc23)N2CCCC2)c1C. The first-order valence-corrected chi connectivity index (χ1v) is 10.9. The molecule has 0 saturated carbocycles. The van der Waals surface area contributed by atoms with Crippen LogP contribution in [0.5, 0.6) is 0 Å². The van der Waals surface area contributed by atoms with Gasteiger partial charge in [0.25, 0.3) is 0 Å². The fourth-order valence-electron chi connectivity index (χ4n) is 4.37. The van der Waals surface area contributed by atoms with Crippen molar-refractivity contribution in [3.05, 3.63) is 77.4 Å². The lowest BCUT2D eigenvalue weighted by molar-refractivity contribution is -0.136. The molecule has 0 aliphatic carbocycles. The summed E-state index contributed by atoms with van der Waals surface area (Å²) >= 11 is 0. The second-order valence-electron chi connectivity index (χ2n) is 8.24. The summed E-state index contributed by atoms with van der Waals surface area (Å²) in [6, 6.07) is 20.3. The topological polar surface area (TPSA) is 61.4 Å². The monoisotopic (exact) mass is 415 g/mol. The molecule has 4 rings (SSSR count). The van der Waals surface area contributed by atoms with Crippen molar-refractivity contribution < 1.29 is 9.59 Å². The van der Waals surface area contributed by atoms with Crippen LogP contribution >= 0.6 is 0 Å². The summed E-state index contributed by atoms with van der Waals surface area (Å²) < 4.78 is 0. The predicted molar refractivity (Wildman–Crippen MR) is 125 cm³/mol. The molecule has 1 fully saturated rings. The predicted octanol–water partition coefficient (Wildman–Crippen LogP) is 4.35. The molecular weight excluding hydrogens is 386 g/mol. The molecule has 1 heterocycles. The summed E-state index contributed by atoms with van der Waals surface area (Å²) in [4.78, 5) is 27.5. The number of aryl methyl sites for hydroxylation is 1. The van der Waals surface area contributed by atoms with Crippen molar-refractivity contribution in [2.45, 2.75) is 32.7 Å². The number of benzene rings is 3. The van der Waals surface area contributed by atoms with Gasteiger partial charge in [0.15, 0.2) is 0 Å². The molecule has 5 heteroatoms. The summed E-state index contributed by atoms with van der Waals surface area (Å²) in [5.74, 6) is -1.24. The van der Waals surface area contributed by atoms with Gasteiger partial charge in [-0.05, 0) is 73.3 Å². The Labute approximate surface area is 183 Å². The second kappa shape index (κ2) is 9.31. The third-order valence-corrected chi connectivity index (χ3v) is 6.28. The van der Waals surface area contributed by atoms with E-state index in [0.29, 0.717) is 12.2 Å². The number of amides is 2. The molecule has 2 amide bonds. The first-order chi connectivity index (χ1) is 15.0. The first kappa shape index (κ1) is 21.1. The quantitative estimate of drug-likeness (QED) is 0.609. The minimum atomic E-state index is -0.633. The van der Waals surface area contributed by atoms with Crippen molar-refractivity contribution in [1.82, 2.24) is 10.2 Å². The average molecular weight is 416 g/mol. The zero-order chi connectivity index (χ0) is 21.8. The second-order valence-corrected chi connectivity index (χ2v) is 8.24. The van der Waals surface area contributed by atoms with Gasteiger partial charge >= 0.3 is 11.8 Å². The van der Waals surface area contributed by atoms with Crippen molar-refractivity contribution in [3.8, 4) is 0 Å². The molecule has 1 atom stereocenters. The van der Waals surface area contributed by atoms with E-state index in [1.165, 1.54) is 16.3 Å². The lowest BCUT2D eigenvalue weighted by atomic mass is 9.97. The number of carbonyl (C=O) groups excluding carboxylic acids is 2. The van der Waals surface area contributed by atoms with Crippen LogP contribution in [0.3, 0.4) is 0 Å². The van der Waals surface area contributed by atoms with Gasteiger partial charge in [0.05, 0.1) is 6.04 Å². The smallest absolute Gasteiger partial charge is 0.313 e. The number of rotatable bonds is 5. The molecule has 3 aromatic carbocycles. The van der Waals surface area contributed by atoms with Crippen molar-refractivity contribution in [2.24, 2.45) is 0 Å². The molecule has 1 aliphatic heterocycles. The number of anilines is 1. The third kappa shape index (κ3) is 4.62. The van der Waals surface area contributed by atoms with Gasteiger partial charge in [0.1, 0.15) is 0 Å². The molecule has 0 radical (unpaired) electrons. The molecule has 31 heavy (non-hydrogen) atoms. The van der Waals surface area contributed by atoms with Crippen LogP contribution in [0.15, 0.2) is 60.7 Å². The number of carbonyl (C=O) groups is 2. The molecule has 3 aromatic rings. The Morgan fingerprint density at radius 1 is 0.903 bits per heavy atom. The number of hydrogen-bond donors (Lipinski definition) is 2. The van der Waals surface area contributed by atoms with Crippen LogP contribution in [0.25, 0.3) is 10.8 Å². The van der Waals surface area contributed by atoms with E-state index in [1.807, 2.05) is 44.2 Å². The third-order valence-electron chi connectivity index (χ3n) is 6.28. The van der Waals surface area contributed by atoms with Gasteiger partial charge in [-0.1, -0.05) is 54.6 Å². The number of hydrogen-bond acceptors (Lipinski definition) is 3. The molecule has 2 N–H and O–H groups in total. The summed E-state index contributed by atoms with van der Waals surface area (Å²) in [5, 5.41) is 8.01. The Balaban J connectivity index is 1.51. The molecular formula is C26H29N3O2. The van der Waals surface area contributed by atoms with E-state index in [1.54, 1.807) is 0 Å². The Morgan fingerprint density at radius 2 is 1.61 bits per heavy atom. The van der Waals surface area contributed by atoms with Crippen molar-refractivity contribution in [2.75, 3.05) is 25.0 Å². The Kier molecular flexibility index (Phi) is 6.33. The zero-order valence-corrected chi connectivity index (χ0v) is 18.2. The highest BCUT2D eigenvalue weighted by atomic mass is 16.2. The minimum Gasteiger partial charge on any atom is -0.346 e. The lowest BCUT2D eigenvalue weighted by Gasteiger charge is -2.29. The van der Waals surface area contributed by atoms with Crippen LogP contribution in [0, 0.1) is 13.8 Å². The fraction of sp³-hybridized carbons (Fsp3) is 0.308. The van der Waals surface area contributed by atoms with Crippen LogP contribution in [-0.4, -0.2) is 36.3 Å². The van der Waals surface area contributed by atoms with Gasteiger partial charge in [-0.3, -0.25) is 14.5 Å². The summed E-state index contributed by atoms with van der Waals surface area (Å²) in [7, 11) is 0. The minimum absolute atomic E-state index is 0.0334. The molecule has 5 nitrogen and oxygen atoms in total. The van der Waals surface area contributed by atoms with Gasteiger partial charge in [0, 0.05) is 12.2 Å². The number of likely N-dealkylation sites (tertiary alicyclic amines) is 1. The Bertz CT molecular complexity index is 1100. The summed E-state index contributed by atoms with van der Waals surface area (Å²) in [6.07, 6.45) is 2.31. The van der Waals surface area contributed by atoms with Crippen molar-refractivity contribution >= 4 is 28.3 Å². The van der Waals surface area contributed by atoms with Gasteiger partial charge in [-0.15, -0.1) is 0 Å². The standard InChI is InChI=1S/C26H29N3O2/c1-18-9-7-14-23(19(18)2)28-26(31)25(30)27-17-24(29-15-5-6-16-29)22-13-8-11-20-10-3-4-12-21(20)22/h3-4,7-14,24H,5-6,15-17H2,1-2H3,(H,27,30)(H,28,31)/t24-/m0/s1. The zero-order valence-electron chi connectivity index (χ0n) is 18.2. The van der Waals surface area contributed by atoms with Crippen LogP contribution in [-0.2, 0) is 9.59 Å². The first-order valence-electron chi connectivity index (χ1n) is 10.9. The number of fused-ring (bicyclic) bond motifs is 1. The largest absolute Gasteiger partial charge is 0.346 e. The van der Waals surface area contributed by atoms with Crippen molar-refractivity contribution in [1.29, 1.82) is 0 Å². The molecule has 0 unspecified atom stereocenters. The van der Waals surface area contributed by atoms with Crippen LogP contribution in [0.4, 0.5) is 5.69 Å². The highest BCUT2D eigenvalue weighted by Gasteiger charge is 2.26. The Hall–Kier alpha value is -3.18. The van der Waals surface area contributed by atoms with E-state index in [2.05, 4.69) is 45.9 Å². The molecule has 0 bridgehead atoms. The Morgan fingerprint density at radius 3 is 2.42 bits per heavy atom. The number of nitrogens with zero attached hydrogens (tertiary/aromatic N) is 1. The molecule has 0 aromatic heterocycles. The van der Waals surface area contributed by atoms with Crippen LogP contribution < -0.4 is 10.6 Å². The van der Waals surface area contributed by atoms with Crippen LogP contribution in [0.1, 0.15) is 35.6 Å². The van der Waals surface area contributed by atoms with E-state index in [4.69, 9.17) is 0 Å². The molecule has 0 spiro atoms. The normalized spacial score (nSPS) is 15.0. The van der Waals surface area contributed by atoms with E-state index in [9.17, 15) is 9.59 Å². The van der Waals surface area contributed by atoms with Gasteiger partial charge in [0.2, 0.25) is 0 Å². The fourth-order valence-corrected chi connectivity index (χ4v) is 4.37. The van der Waals surface area contributed by atoms with E-state index in [-0.39, 0.29) is 6.04 Å². The highest BCUT2D eigenvalue weighted by Crippen LogP contribution is 2.30. The number of nitrogens with one attached hydrogen (secondary N) is 2. The van der Waals surface area contributed by atoms with E-state index < -0.39 is 11.8 Å².